The van der Waals surface area contributed by atoms with Crippen LogP contribution in [0.2, 0.25) is 0 Å². The maximum atomic E-state index is 9.82. The second-order valence-corrected chi connectivity index (χ2v) is 5.67. The largest absolute Gasteiger partial charge is 0.197 e. The Kier molecular flexibility index (Phi) is 3.56. The lowest BCUT2D eigenvalue weighted by molar-refractivity contribution is 0.367. The van der Waals surface area contributed by atoms with Gasteiger partial charge in [-0.3, -0.25) is 0 Å². The summed E-state index contributed by atoms with van der Waals surface area (Å²) in [6.07, 6.45) is 5.57. The Hall–Kier alpha value is -2.07. The maximum Gasteiger partial charge on any atom is 0.0828 e. The van der Waals surface area contributed by atoms with Gasteiger partial charge in [-0.15, -0.1) is 0 Å². The van der Waals surface area contributed by atoms with Crippen LogP contribution in [0.25, 0.3) is 11.1 Å². The predicted molar refractivity (Wildman–Crippen MR) is 82.3 cm³/mol. The Morgan fingerprint density at radius 1 is 0.800 bits per heavy atom. The summed E-state index contributed by atoms with van der Waals surface area (Å²) in [6, 6.07) is 21.5. The lowest BCUT2D eigenvalue weighted by atomic mass is 9.68. The van der Waals surface area contributed by atoms with Crippen LogP contribution < -0.4 is 0 Å². The second kappa shape index (κ2) is 5.51. The third-order valence-electron chi connectivity index (χ3n) is 4.45. The molecule has 0 unspecified atom stereocenters. The van der Waals surface area contributed by atoms with Crippen molar-refractivity contribution in [3.05, 3.63) is 60.2 Å². The Bertz CT molecular complexity index is 616. The Morgan fingerprint density at radius 3 is 2.15 bits per heavy atom. The first-order valence-corrected chi connectivity index (χ1v) is 7.42. The molecule has 0 saturated heterocycles. The topological polar surface area (TPSA) is 23.8 Å². The third kappa shape index (κ3) is 2.23. The zero-order valence-corrected chi connectivity index (χ0v) is 11.7. The van der Waals surface area contributed by atoms with Crippen LogP contribution >= 0.6 is 0 Å². The molecule has 1 aliphatic rings. The standard InChI is InChI=1S/C19H19N/c20-15-19(13-7-2-8-14-19)18-12-6-5-11-17(18)16-9-3-1-4-10-16/h1,3-6,9-12H,2,7-8,13-14H2. The zero-order chi connectivity index (χ0) is 13.8. The van der Waals surface area contributed by atoms with Gasteiger partial charge in [0.25, 0.3) is 0 Å². The van der Waals surface area contributed by atoms with Crippen LogP contribution in [0.5, 0.6) is 0 Å². The molecule has 1 saturated carbocycles. The van der Waals surface area contributed by atoms with Gasteiger partial charge in [0, 0.05) is 0 Å². The molecule has 1 heteroatoms. The van der Waals surface area contributed by atoms with E-state index in [4.69, 9.17) is 0 Å². The van der Waals surface area contributed by atoms with Gasteiger partial charge in [0.1, 0.15) is 0 Å². The van der Waals surface area contributed by atoms with E-state index in [1.807, 2.05) is 6.07 Å². The monoisotopic (exact) mass is 261 g/mol. The van der Waals surface area contributed by atoms with E-state index in [0.717, 1.165) is 25.7 Å². The van der Waals surface area contributed by atoms with Crippen LogP contribution in [0.15, 0.2) is 54.6 Å². The molecule has 0 N–H and O–H groups in total. The summed E-state index contributed by atoms with van der Waals surface area (Å²) < 4.78 is 0. The minimum atomic E-state index is -0.287. The molecule has 2 aromatic carbocycles. The van der Waals surface area contributed by atoms with Crippen LogP contribution in [-0.4, -0.2) is 0 Å². The SMILES string of the molecule is N#CC1(c2ccccc2-c2ccccc2)CCCCC1. The number of hydrogen-bond donors (Lipinski definition) is 0. The molecule has 0 spiro atoms. The van der Waals surface area contributed by atoms with Gasteiger partial charge in [0.15, 0.2) is 0 Å². The van der Waals surface area contributed by atoms with E-state index < -0.39 is 0 Å². The Labute approximate surface area is 120 Å². The minimum Gasteiger partial charge on any atom is -0.197 e. The molecule has 0 aliphatic heterocycles. The quantitative estimate of drug-likeness (QED) is 0.739. The number of hydrogen-bond acceptors (Lipinski definition) is 1. The van der Waals surface area contributed by atoms with Crippen LogP contribution in [0.3, 0.4) is 0 Å². The summed E-state index contributed by atoms with van der Waals surface area (Å²) in [5.41, 5.74) is 3.36. The molecular weight excluding hydrogens is 242 g/mol. The van der Waals surface area contributed by atoms with Gasteiger partial charge in [-0.25, -0.2) is 0 Å². The zero-order valence-electron chi connectivity index (χ0n) is 11.7. The highest BCUT2D eigenvalue weighted by Gasteiger charge is 2.35. The first-order chi connectivity index (χ1) is 9.86. The number of nitrogens with zero attached hydrogens (tertiary/aromatic N) is 1. The summed E-state index contributed by atoms with van der Waals surface area (Å²) >= 11 is 0. The molecule has 1 fully saturated rings. The van der Waals surface area contributed by atoms with Crippen molar-refractivity contribution in [3.8, 4) is 17.2 Å². The molecule has 1 aliphatic carbocycles. The van der Waals surface area contributed by atoms with E-state index >= 15 is 0 Å². The van der Waals surface area contributed by atoms with Crippen LogP contribution in [0.4, 0.5) is 0 Å². The van der Waals surface area contributed by atoms with E-state index in [-0.39, 0.29) is 5.41 Å². The fourth-order valence-electron chi connectivity index (χ4n) is 3.37. The van der Waals surface area contributed by atoms with E-state index in [0.29, 0.717) is 0 Å². The van der Waals surface area contributed by atoms with E-state index in [1.54, 1.807) is 0 Å². The van der Waals surface area contributed by atoms with Crippen molar-refractivity contribution in [2.24, 2.45) is 0 Å². The van der Waals surface area contributed by atoms with Gasteiger partial charge in [-0.2, -0.15) is 5.26 Å². The molecule has 1 nitrogen and oxygen atoms in total. The van der Waals surface area contributed by atoms with Crippen molar-refractivity contribution in [2.45, 2.75) is 37.5 Å². The summed E-state index contributed by atoms with van der Waals surface area (Å²) in [4.78, 5) is 0. The molecule has 0 heterocycles. The van der Waals surface area contributed by atoms with E-state index in [2.05, 4.69) is 54.6 Å². The van der Waals surface area contributed by atoms with Crippen LogP contribution in [-0.2, 0) is 5.41 Å². The summed E-state index contributed by atoms with van der Waals surface area (Å²) in [5.74, 6) is 0. The molecule has 100 valence electrons. The third-order valence-corrected chi connectivity index (χ3v) is 4.45. The highest BCUT2D eigenvalue weighted by Crippen LogP contribution is 2.42. The number of benzene rings is 2. The molecule has 20 heavy (non-hydrogen) atoms. The van der Waals surface area contributed by atoms with E-state index in [1.165, 1.54) is 23.1 Å². The number of nitriles is 1. The van der Waals surface area contributed by atoms with Crippen molar-refractivity contribution in [2.75, 3.05) is 0 Å². The normalized spacial score (nSPS) is 17.4. The fraction of sp³-hybridized carbons (Fsp3) is 0.316. The highest BCUT2D eigenvalue weighted by atomic mass is 14.4. The molecule has 0 amide bonds. The predicted octanol–water partition coefficient (Wildman–Crippen LogP) is 5.08. The van der Waals surface area contributed by atoms with Gasteiger partial charge in [0.05, 0.1) is 11.5 Å². The molecular formula is C19H19N. The summed E-state index contributed by atoms with van der Waals surface area (Å²) in [5, 5.41) is 9.82. The average Bonchev–Trinajstić information content (AvgIpc) is 2.56. The number of rotatable bonds is 2. The minimum absolute atomic E-state index is 0.287. The first-order valence-electron chi connectivity index (χ1n) is 7.42. The summed E-state index contributed by atoms with van der Waals surface area (Å²) in [7, 11) is 0. The van der Waals surface area contributed by atoms with Gasteiger partial charge in [-0.1, -0.05) is 73.9 Å². The Morgan fingerprint density at radius 2 is 1.45 bits per heavy atom. The lowest BCUT2D eigenvalue weighted by Crippen LogP contribution is -2.27. The van der Waals surface area contributed by atoms with Crippen molar-refractivity contribution < 1.29 is 0 Å². The van der Waals surface area contributed by atoms with Crippen molar-refractivity contribution in [1.82, 2.24) is 0 Å². The van der Waals surface area contributed by atoms with E-state index in [9.17, 15) is 5.26 Å². The van der Waals surface area contributed by atoms with Gasteiger partial charge in [-0.05, 0) is 29.5 Å². The van der Waals surface area contributed by atoms with Crippen molar-refractivity contribution >= 4 is 0 Å². The fourth-order valence-corrected chi connectivity index (χ4v) is 3.37. The average molecular weight is 261 g/mol. The molecule has 0 radical (unpaired) electrons. The lowest BCUT2D eigenvalue weighted by Gasteiger charge is -2.32. The highest BCUT2D eigenvalue weighted by molar-refractivity contribution is 5.69. The second-order valence-electron chi connectivity index (χ2n) is 5.67. The molecule has 0 bridgehead atoms. The smallest absolute Gasteiger partial charge is 0.0828 e. The maximum absolute atomic E-state index is 9.82. The van der Waals surface area contributed by atoms with Gasteiger partial charge >= 0.3 is 0 Å². The van der Waals surface area contributed by atoms with Gasteiger partial charge in [0.2, 0.25) is 0 Å². The molecule has 0 atom stereocenters. The summed E-state index contributed by atoms with van der Waals surface area (Å²) in [6.45, 7) is 0. The van der Waals surface area contributed by atoms with Crippen molar-refractivity contribution in [1.29, 1.82) is 5.26 Å². The van der Waals surface area contributed by atoms with Crippen LogP contribution in [0.1, 0.15) is 37.7 Å². The molecule has 3 rings (SSSR count). The Balaban J connectivity index is 2.13. The first kappa shape index (κ1) is 12.9. The molecule has 0 aromatic heterocycles. The van der Waals surface area contributed by atoms with Gasteiger partial charge < -0.3 is 0 Å². The molecule has 2 aromatic rings. The van der Waals surface area contributed by atoms with Crippen LogP contribution in [0, 0.1) is 11.3 Å². The van der Waals surface area contributed by atoms with Crippen molar-refractivity contribution in [3.63, 3.8) is 0 Å².